The minimum atomic E-state index is -0.341. The van der Waals surface area contributed by atoms with Gasteiger partial charge in [-0.05, 0) is 30.3 Å². The molecule has 126 valence electrons. The predicted octanol–water partition coefficient (Wildman–Crippen LogP) is 3.56. The average molecular weight is 356 g/mol. The van der Waals surface area contributed by atoms with Crippen molar-refractivity contribution in [2.75, 3.05) is 17.2 Å². The van der Waals surface area contributed by atoms with Crippen molar-refractivity contribution in [3.63, 3.8) is 0 Å². The summed E-state index contributed by atoms with van der Waals surface area (Å²) in [4.78, 5) is 19.8. The van der Waals surface area contributed by atoms with Gasteiger partial charge in [-0.25, -0.2) is 4.98 Å². The molecule has 0 bridgehead atoms. The van der Waals surface area contributed by atoms with Crippen LogP contribution in [0.15, 0.2) is 41.0 Å². The molecule has 1 aliphatic heterocycles. The lowest BCUT2D eigenvalue weighted by molar-refractivity contribution is 0.0996. The summed E-state index contributed by atoms with van der Waals surface area (Å²) in [5.74, 6) is 1.21. The topological polar surface area (TPSA) is 107 Å². The number of hydrogen-bond donors (Lipinski definition) is 4. The summed E-state index contributed by atoms with van der Waals surface area (Å²) < 4.78 is 5.09. The first kappa shape index (κ1) is 15.5. The second-order valence-corrected chi connectivity index (χ2v) is 6.08. The summed E-state index contributed by atoms with van der Waals surface area (Å²) >= 11 is 6.31. The Balaban J connectivity index is 1.64. The quantitative estimate of drug-likeness (QED) is 0.576. The van der Waals surface area contributed by atoms with E-state index in [0.717, 1.165) is 11.5 Å². The van der Waals surface area contributed by atoms with Crippen molar-refractivity contribution in [3.8, 4) is 11.4 Å². The fourth-order valence-electron chi connectivity index (χ4n) is 2.66. The number of carbonyl (C=O) groups excluding carboxylic acids is 1. The number of H-pyrrole nitrogens is 1. The number of aromatic amines is 1. The Bertz CT molecular complexity index is 962. The Morgan fingerprint density at radius 2 is 2.24 bits per heavy atom. The molecule has 1 aromatic carbocycles. The summed E-state index contributed by atoms with van der Waals surface area (Å²) in [6.07, 6.45) is 1.97. The van der Waals surface area contributed by atoms with Crippen LogP contribution in [0, 0.1) is 5.41 Å². The van der Waals surface area contributed by atoms with Crippen LogP contribution < -0.4 is 10.6 Å². The monoisotopic (exact) mass is 355 g/mol. The van der Waals surface area contributed by atoms with Gasteiger partial charge < -0.3 is 25.4 Å². The Morgan fingerprint density at radius 3 is 3.04 bits per heavy atom. The summed E-state index contributed by atoms with van der Waals surface area (Å²) in [7, 11) is 0. The number of carbonyl (C=O) groups is 1. The van der Waals surface area contributed by atoms with Crippen LogP contribution in [-0.2, 0) is 6.42 Å². The molecule has 4 N–H and O–H groups in total. The number of amides is 1. The summed E-state index contributed by atoms with van der Waals surface area (Å²) in [6, 6.07) is 8.40. The maximum Gasteiger partial charge on any atom is 0.291 e. The first-order valence-corrected chi connectivity index (χ1v) is 8.02. The highest BCUT2D eigenvalue weighted by molar-refractivity contribution is 6.33. The molecular formula is C17H14ClN5O2. The van der Waals surface area contributed by atoms with Gasteiger partial charge in [0.2, 0.25) is 0 Å². The lowest BCUT2D eigenvalue weighted by atomic mass is 10.1. The van der Waals surface area contributed by atoms with E-state index in [2.05, 4.69) is 20.6 Å². The molecule has 25 heavy (non-hydrogen) atoms. The summed E-state index contributed by atoms with van der Waals surface area (Å²) in [6.45, 7) is 0.490. The number of anilines is 2. The van der Waals surface area contributed by atoms with Crippen molar-refractivity contribution in [3.05, 3.63) is 53.1 Å². The SMILES string of the molecule is N=C1CNc2nc(-c3cc(NC(=O)c4ccco4)ccc3Cl)[nH]c2C1. The van der Waals surface area contributed by atoms with Crippen LogP contribution in [-0.4, -0.2) is 28.1 Å². The molecule has 0 saturated heterocycles. The zero-order chi connectivity index (χ0) is 17.4. The molecule has 0 unspecified atom stereocenters. The van der Waals surface area contributed by atoms with E-state index in [1.54, 1.807) is 30.3 Å². The Kier molecular flexibility index (Phi) is 3.77. The van der Waals surface area contributed by atoms with E-state index in [1.807, 2.05) is 0 Å². The highest BCUT2D eigenvalue weighted by Crippen LogP contribution is 2.31. The number of nitrogens with one attached hydrogen (secondary N) is 4. The van der Waals surface area contributed by atoms with Crippen LogP contribution in [0.1, 0.15) is 16.2 Å². The van der Waals surface area contributed by atoms with Crippen molar-refractivity contribution in [2.24, 2.45) is 0 Å². The number of nitrogens with zero attached hydrogens (tertiary/aromatic N) is 1. The summed E-state index contributed by atoms with van der Waals surface area (Å²) in [5, 5.41) is 14.1. The molecule has 1 amide bonds. The van der Waals surface area contributed by atoms with Gasteiger partial charge in [-0.2, -0.15) is 0 Å². The van der Waals surface area contributed by atoms with Gasteiger partial charge in [-0.15, -0.1) is 0 Å². The molecule has 0 fully saturated rings. The average Bonchev–Trinajstić information content (AvgIpc) is 3.25. The zero-order valence-electron chi connectivity index (χ0n) is 13.0. The van der Waals surface area contributed by atoms with Gasteiger partial charge in [0, 0.05) is 23.4 Å². The van der Waals surface area contributed by atoms with Crippen LogP contribution in [0.25, 0.3) is 11.4 Å². The van der Waals surface area contributed by atoms with E-state index >= 15 is 0 Å². The van der Waals surface area contributed by atoms with Gasteiger partial charge in [0.15, 0.2) is 5.76 Å². The third-order valence-electron chi connectivity index (χ3n) is 3.86. The predicted molar refractivity (Wildman–Crippen MR) is 95.6 cm³/mol. The standard InChI is InChI=1S/C17H14ClN5O2/c18-12-4-3-10(21-17(24)14-2-1-5-25-14)7-11(12)15-22-13-6-9(19)8-20-16(13)23-15/h1-5,7,19-20H,6,8H2,(H,21,24)(H,22,23). The van der Waals surface area contributed by atoms with Crippen molar-refractivity contribution in [2.45, 2.75) is 6.42 Å². The van der Waals surface area contributed by atoms with Crippen LogP contribution in [0.2, 0.25) is 5.02 Å². The maximum absolute atomic E-state index is 12.1. The number of furan rings is 1. The minimum Gasteiger partial charge on any atom is -0.459 e. The van der Waals surface area contributed by atoms with Gasteiger partial charge in [-0.3, -0.25) is 4.79 Å². The molecule has 8 heteroatoms. The van der Waals surface area contributed by atoms with Gasteiger partial charge in [0.25, 0.3) is 5.91 Å². The molecule has 0 radical (unpaired) electrons. The van der Waals surface area contributed by atoms with E-state index < -0.39 is 0 Å². The van der Waals surface area contributed by atoms with E-state index in [4.69, 9.17) is 21.4 Å². The maximum atomic E-state index is 12.1. The Labute approximate surface area is 147 Å². The first-order chi connectivity index (χ1) is 12.1. The zero-order valence-corrected chi connectivity index (χ0v) is 13.8. The van der Waals surface area contributed by atoms with Gasteiger partial charge in [0.1, 0.15) is 11.6 Å². The molecule has 4 rings (SSSR count). The summed E-state index contributed by atoms with van der Waals surface area (Å²) in [5.41, 5.74) is 2.69. The molecule has 2 aromatic heterocycles. The van der Waals surface area contributed by atoms with Gasteiger partial charge in [0.05, 0.1) is 23.5 Å². The number of aromatic nitrogens is 2. The van der Waals surface area contributed by atoms with Gasteiger partial charge in [-0.1, -0.05) is 11.6 Å². The van der Waals surface area contributed by atoms with Crippen molar-refractivity contribution < 1.29 is 9.21 Å². The van der Waals surface area contributed by atoms with Crippen LogP contribution in [0.3, 0.4) is 0 Å². The van der Waals surface area contributed by atoms with Crippen LogP contribution in [0.5, 0.6) is 0 Å². The van der Waals surface area contributed by atoms with Crippen molar-refractivity contribution >= 4 is 34.7 Å². The fraction of sp³-hybridized carbons (Fsp3) is 0.118. The smallest absolute Gasteiger partial charge is 0.291 e. The molecule has 0 atom stereocenters. The van der Waals surface area contributed by atoms with E-state index in [9.17, 15) is 4.79 Å². The normalized spacial score (nSPS) is 13.2. The third-order valence-corrected chi connectivity index (χ3v) is 4.19. The number of hydrogen-bond acceptors (Lipinski definition) is 5. The molecule has 7 nitrogen and oxygen atoms in total. The molecular weight excluding hydrogens is 342 g/mol. The minimum absolute atomic E-state index is 0.229. The molecule has 0 saturated carbocycles. The molecule has 1 aliphatic rings. The second-order valence-electron chi connectivity index (χ2n) is 5.67. The lowest BCUT2D eigenvalue weighted by Crippen LogP contribution is -2.21. The van der Waals surface area contributed by atoms with E-state index in [1.165, 1.54) is 6.26 Å². The van der Waals surface area contributed by atoms with Gasteiger partial charge >= 0.3 is 0 Å². The Morgan fingerprint density at radius 1 is 1.36 bits per heavy atom. The third kappa shape index (κ3) is 3.01. The number of benzene rings is 1. The highest BCUT2D eigenvalue weighted by Gasteiger charge is 2.19. The van der Waals surface area contributed by atoms with Crippen molar-refractivity contribution in [1.29, 1.82) is 5.41 Å². The molecule has 0 spiro atoms. The van der Waals surface area contributed by atoms with E-state index in [0.29, 0.717) is 40.8 Å². The Hall–Kier alpha value is -3.06. The first-order valence-electron chi connectivity index (χ1n) is 7.64. The van der Waals surface area contributed by atoms with Crippen LogP contribution in [0.4, 0.5) is 11.5 Å². The van der Waals surface area contributed by atoms with Crippen molar-refractivity contribution in [1.82, 2.24) is 9.97 Å². The molecule has 0 aliphatic carbocycles. The van der Waals surface area contributed by atoms with Crippen LogP contribution >= 0.6 is 11.6 Å². The molecule has 3 aromatic rings. The second kappa shape index (κ2) is 6.10. The molecule has 3 heterocycles. The number of imidazole rings is 1. The number of rotatable bonds is 3. The number of halogens is 1. The highest BCUT2D eigenvalue weighted by atomic mass is 35.5. The number of fused-ring (bicyclic) bond motifs is 1. The largest absolute Gasteiger partial charge is 0.459 e. The lowest BCUT2D eigenvalue weighted by Gasteiger charge is -2.12. The van der Waals surface area contributed by atoms with E-state index in [-0.39, 0.29) is 11.7 Å². The fourth-order valence-corrected chi connectivity index (χ4v) is 2.87.